The summed E-state index contributed by atoms with van der Waals surface area (Å²) < 4.78 is 39.7. The van der Waals surface area contributed by atoms with Crippen LogP contribution in [0.3, 0.4) is 0 Å². The van der Waals surface area contributed by atoms with E-state index in [2.05, 4.69) is 0 Å². The Bertz CT molecular complexity index is 750. The van der Waals surface area contributed by atoms with Gasteiger partial charge in [-0.15, -0.1) is 0 Å². The van der Waals surface area contributed by atoms with Gasteiger partial charge in [-0.25, -0.2) is 17.5 Å². The van der Waals surface area contributed by atoms with Crippen LogP contribution in [0.15, 0.2) is 23.1 Å². The molecular weight excluding hydrogens is 295 g/mol. The highest BCUT2D eigenvalue weighted by Gasteiger charge is 2.51. The molecule has 0 saturated heterocycles. The molecule has 1 aromatic carbocycles. The molecule has 0 spiro atoms. The molecule has 0 bridgehead atoms. The summed E-state index contributed by atoms with van der Waals surface area (Å²) in [6, 6.07) is 4.83. The standard InChI is InChI=1S/C14H13FN2O3S/c15-12-2-1-3-13(11(12)7-16)21(19,20)17-14(18)10-6-9(10)8-4-5-8/h1-3,8-10H,4-6H2,(H,17,18). The second-order valence-electron chi connectivity index (χ2n) is 5.54. The number of hydrogen-bond acceptors (Lipinski definition) is 4. The zero-order valence-electron chi connectivity index (χ0n) is 11.0. The third-order valence-electron chi connectivity index (χ3n) is 4.02. The first-order chi connectivity index (χ1) is 9.94. The fourth-order valence-corrected chi connectivity index (χ4v) is 3.86. The summed E-state index contributed by atoms with van der Waals surface area (Å²) in [6.07, 6.45) is 2.91. The lowest BCUT2D eigenvalue weighted by Gasteiger charge is -2.08. The molecule has 0 aromatic heterocycles. The van der Waals surface area contributed by atoms with Gasteiger partial charge < -0.3 is 0 Å². The van der Waals surface area contributed by atoms with E-state index in [0.29, 0.717) is 12.3 Å². The molecule has 2 aliphatic carbocycles. The average molecular weight is 308 g/mol. The van der Waals surface area contributed by atoms with Gasteiger partial charge in [0.1, 0.15) is 22.3 Å². The predicted molar refractivity (Wildman–Crippen MR) is 70.8 cm³/mol. The van der Waals surface area contributed by atoms with Crippen LogP contribution >= 0.6 is 0 Å². The SMILES string of the molecule is N#Cc1c(F)cccc1S(=O)(=O)NC(=O)C1CC1C1CC1. The molecule has 1 amide bonds. The largest absolute Gasteiger partial charge is 0.274 e. The molecule has 2 aliphatic rings. The summed E-state index contributed by atoms with van der Waals surface area (Å²) >= 11 is 0. The second kappa shape index (κ2) is 4.81. The topological polar surface area (TPSA) is 87.0 Å². The van der Waals surface area contributed by atoms with Gasteiger partial charge in [0.05, 0.1) is 0 Å². The Kier molecular flexibility index (Phi) is 3.21. The van der Waals surface area contributed by atoms with Crippen molar-refractivity contribution in [1.29, 1.82) is 5.26 Å². The lowest BCUT2D eigenvalue weighted by molar-refractivity contribution is -0.120. The molecule has 5 nitrogen and oxygen atoms in total. The molecule has 110 valence electrons. The van der Waals surface area contributed by atoms with Crippen molar-refractivity contribution < 1.29 is 17.6 Å². The number of rotatable bonds is 4. The Balaban J connectivity index is 1.80. The van der Waals surface area contributed by atoms with E-state index in [-0.39, 0.29) is 11.8 Å². The van der Waals surface area contributed by atoms with Crippen LogP contribution in [0, 0.1) is 34.9 Å². The predicted octanol–water partition coefficient (Wildman–Crippen LogP) is 1.55. The third kappa shape index (κ3) is 2.63. The maximum Gasteiger partial charge on any atom is 0.265 e. The number of halogens is 1. The summed E-state index contributed by atoms with van der Waals surface area (Å²) in [6.45, 7) is 0. The van der Waals surface area contributed by atoms with E-state index < -0.39 is 32.2 Å². The van der Waals surface area contributed by atoms with Gasteiger partial charge in [0.25, 0.3) is 10.0 Å². The highest BCUT2D eigenvalue weighted by molar-refractivity contribution is 7.90. The first-order valence-corrected chi connectivity index (χ1v) is 8.17. The number of hydrogen-bond donors (Lipinski definition) is 1. The second-order valence-corrected chi connectivity index (χ2v) is 7.19. The molecule has 2 atom stereocenters. The molecule has 21 heavy (non-hydrogen) atoms. The van der Waals surface area contributed by atoms with E-state index >= 15 is 0 Å². The maximum atomic E-state index is 13.5. The molecule has 2 unspecified atom stereocenters. The van der Waals surface area contributed by atoms with E-state index in [4.69, 9.17) is 5.26 Å². The van der Waals surface area contributed by atoms with E-state index in [1.165, 1.54) is 12.1 Å². The van der Waals surface area contributed by atoms with Crippen molar-refractivity contribution >= 4 is 15.9 Å². The van der Waals surface area contributed by atoms with Crippen LogP contribution in [0.2, 0.25) is 0 Å². The Morgan fingerprint density at radius 2 is 2.10 bits per heavy atom. The van der Waals surface area contributed by atoms with Gasteiger partial charge in [0, 0.05) is 5.92 Å². The Labute approximate surface area is 121 Å². The molecular formula is C14H13FN2O3S. The molecule has 0 heterocycles. The van der Waals surface area contributed by atoms with Crippen molar-refractivity contribution in [3.8, 4) is 6.07 Å². The first kappa shape index (κ1) is 14.0. The summed E-state index contributed by atoms with van der Waals surface area (Å²) in [5.41, 5.74) is -0.577. The summed E-state index contributed by atoms with van der Waals surface area (Å²) in [7, 11) is -4.22. The number of nitrogens with zero attached hydrogens (tertiary/aromatic N) is 1. The maximum absolute atomic E-state index is 13.5. The zero-order chi connectivity index (χ0) is 15.2. The van der Waals surface area contributed by atoms with Crippen LogP contribution in [0.4, 0.5) is 4.39 Å². The fraction of sp³-hybridized carbons (Fsp3) is 0.429. The van der Waals surface area contributed by atoms with Crippen molar-refractivity contribution in [2.24, 2.45) is 17.8 Å². The molecule has 1 N–H and O–H groups in total. The van der Waals surface area contributed by atoms with E-state index in [0.717, 1.165) is 25.0 Å². The molecule has 3 rings (SSSR count). The van der Waals surface area contributed by atoms with E-state index in [9.17, 15) is 17.6 Å². The minimum absolute atomic E-state index is 0.272. The van der Waals surface area contributed by atoms with Crippen LogP contribution in [0.1, 0.15) is 24.8 Å². The van der Waals surface area contributed by atoms with E-state index in [1.807, 2.05) is 4.72 Å². The van der Waals surface area contributed by atoms with Crippen LogP contribution in [-0.2, 0) is 14.8 Å². The molecule has 2 saturated carbocycles. The molecule has 2 fully saturated rings. The molecule has 0 aliphatic heterocycles. The van der Waals surface area contributed by atoms with Gasteiger partial charge in [-0.1, -0.05) is 6.07 Å². The van der Waals surface area contributed by atoms with Crippen LogP contribution < -0.4 is 4.72 Å². The number of nitrogens with one attached hydrogen (secondary N) is 1. The quantitative estimate of drug-likeness (QED) is 0.914. The third-order valence-corrected chi connectivity index (χ3v) is 5.40. The summed E-state index contributed by atoms with van der Waals surface area (Å²) in [5.74, 6) is -0.919. The Morgan fingerprint density at radius 1 is 1.38 bits per heavy atom. The number of carbonyl (C=O) groups is 1. The monoisotopic (exact) mass is 308 g/mol. The minimum atomic E-state index is -4.22. The lowest BCUT2D eigenvalue weighted by Crippen LogP contribution is -2.33. The van der Waals surface area contributed by atoms with Crippen molar-refractivity contribution in [2.45, 2.75) is 24.2 Å². The molecule has 7 heteroatoms. The summed E-state index contributed by atoms with van der Waals surface area (Å²) in [4.78, 5) is 11.5. The number of carbonyl (C=O) groups excluding carboxylic acids is 1. The average Bonchev–Trinajstić information content (AvgIpc) is 3.27. The lowest BCUT2D eigenvalue weighted by atomic mass is 10.2. The van der Waals surface area contributed by atoms with Gasteiger partial charge in [0.2, 0.25) is 5.91 Å². The smallest absolute Gasteiger partial charge is 0.265 e. The van der Waals surface area contributed by atoms with Crippen LogP contribution in [0.25, 0.3) is 0 Å². The highest BCUT2D eigenvalue weighted by Crippen LogP contribution is 2.54. The minimum Gasteiger partial charge on any atom is -0.274 e. The normalized spacial score (nSPS) is 24.2. The molecule has 0 radical (unpaired) electrons. The molecule has 1 aromatic rings. The van der Waals surface area contributed by atoms with Gasteiger partial charge in [-0.3, -0.25) is 4.79 Å². The van der Waals surface area contributed by atoms with Gasteiger partial charge >= 0.3 is 0 Å². The number of amides is 1. The Hall–Kier alpha value is -1.94. The van der Waals surface area contributed by atoms with Crippen molar-refractivity contribution in [2.75, 3.05) is 0 Å². The van der Waals surface area contributed by atoms with Crippen molar-refractivity contribution in [1.82, 2.24) is 4.72 Å². The zero-order valence-corrected chi connectivity index (χ0v) is 11.9. The van der Waals surface area contributed by atoms with Crippen LogP contribution in [0.5, 0.6) is 0 Å². The van der Waals surface area contributed by atoms with Crippen molar-refractivity contribution in [3.63, 3.8) is 0 Å². The number of benzene rings is 1. The van der Waals surface area contributed by atoms with Crippen LogP contribution in [-0.4, -0.2) is 14.3 Å². The van der Waals surface area contributed by atoms with Gasteiger partial charge in [-0.2, -0.15) is 5.26 Å². The number of nitriles is 1. The highest BCUT2D eigenvalue weighted by atomic mass is 32.2. The van der Waals surface area contributed by atoms with Gasteiger partial charge in [-0.05, 0) is 43.2 Å². The fourth-order valence-electron chi connectivity index (χ4n) is 2.66. The van der Waals surface area contributed by atoms with E-state index in [1.54, 1.807) is 0 Å². The first-order valence-electron chi connectivity index (χ1n) is 6.69. The number of sulfonamides is 1. The van der Waals surface area contributed by atoms with Crippen molar-refractivity contribution in [3.05, 3.63) is 29.6 Å². The van der Waals surface area contributed by atoms with Gasteiger partial charge in [0.15, 0.2) is 0 Å². The summed E-state index contributed by atoms with van der Waals surface area (Å²) in [5, 5.41) is 8.87. The Morgan fingerprint density at radius 3 is 2.71 bits per heavy atom.